The second kappa shape index (κ2) is 6.71. The zero-order valence-electron chi connectivity index (χ0n) is 12.8. The highest BCUT2D eigenvalue weighted by Gasteiger charge is 2.13. The molecule has 1 amide bonds. The van der Waals surface area contributed by atoms with E-state index in [0.717, 1.165) is 16.5 Å². The van der Waals surface area contributed by atoms with Gasteiger partial charge in [-0.1, -0.05) is 0 Å². The van der Waals surface area contributed by atoms with E-state index >= 15 is 0 Å². The third kappa shape index (κ3) is 3.81. The Morgan fingerprint density at radius 1 is 1.52 bits per heavy atom. The van der Waals surface area contributed by atoms with Gasteiger partial charge in [0.2, 0.25) is 5.91 Å². The lowest BCUT2D eigenvalue weighted by Crippen LogP contribution is -2.27. The van der Waals surface area contributed by atoms with Crippen molar-refractivity contribution in [3.05, 3.63) is 23.5 Å². The van der Waals surface area contributed by atoms with Crippen molar-refractivity contribution in [1.29, 1.82) is 0 Å². The van der Waals surface area contributed by atoms with Gasteiger partial charge in [-0.15, -0.1) is 11.3 Å². The summed E-state index contributed by atoms with van der Waals surface area (Å²) in [5.41, 5.74) is 1.89. The maximum atomic E-state index is 11.5. The lowest BCUT2D eigenvalue weighted by molar-refractivity contribution is -0.116. The Hall–Kier alpha value is -1.89. The minimum Gasteiger partial charge on any atom is -0.377 e. The van der Waals surface area contributed by atoms with Crippen molar-refractivity contribution in [3.8, 4) is 0 Å². The van der Waals surface area contributed by atoms with E-state index < -0.39 is 0 Å². The fourth-order valence-corrected chi connectivity index (χ4v) is 2.83. The Labute approximate surface area is 128 Å². The SMILES string of the molecule is CCN(C(C)=O)c1nc(CNc2cnn(C(C)C)c2)cs1. The lowest BCUT2D eigenvalue weighted by atomic mass is 10.4. The van der Waals surface area contributed by atoms with Crippen LogP contribution in [-0.4, -0.2) is 27.2 Å². The Balaban J connectivity index is 1.97. The van der Waals surface area contributed by atoms with E-state index in [4.69, 9.17) is 0 Å². The van der Waals surface area contributed by atoms with Crippen molar-refractivity contribution in [2.45, 2.75) is 40.3 Å². The molecule has 0 atom stereocenters. The van der Waals surface area contributed by atoms with Crippen molar-refractivity contribution < 1.29 is 4.79 Å². The molecular weight excluding hydrogens is 286 g/mol. The molecule has 21 heavy (non-hydrogen) atoms. The second-order valence-electron chi connectivity index (χ2n) is 5.04. The molecule has 0 fully saturated rings. The van der Waals surface area contributed by atoms with Crippen LogP contribution in [0.1, 0.15) is 39.4 Å². The average Bonchev–Trinajstić information content (AvgIpc) is 3.05. The number of nitrogens with one attached hydrogen (secondary N) is 1. The Morgan fingerprint density at radius 2 is 2.29 bits per heavy atom. The van der Waals surface area contributed by atoms with Gasteiger partial charge in [-0.2, -0.15) is 5.10 Å². The quantitative estimate of drug-likeness (QED) is 0.891. The van der Waals surface area contributed by atoms with Crippen molar-refractivity contribution in [2.75, 3.05) is 16.8 Å². The fourth-order valence-electron chi connectivity index (χ4n) is 1.90. The maximum Gasteiger partial charge on any atom is 0.225 e. The molecule has 2 aromatic rings. The number of thiazole rings is 1. The van der Waals surface area contributed by atoms with Crippen molar-refractivity contribution in [3.63, 3.8) is 0 Å². The molecule has 2 rings (SSSR count). The number of nitrogens with zero attached hydrogens (tertiary/aromatic N) is 4. The van der Waals surface area contributed by atoms with E-state index in [2.05, 4.69) is 29.2 Å². The molecule has 0 aromatic carbocycles. The van der Waals surface area contributed by atoms with Gasteiger partial charge in [-0.25, -0.2) is 4.98 Å². The number of hydrogen-bond donors (Lipinski definition) is 1. The first-order valence-corrected chi connectivity index (χ1v) is 7.89. The van der Waals surface area contributed by atoms with Gasteiger partial charge in [-0.3, -0.25) is 14.4 Å². The Bertz CT molecular complexity index is 604. The first-order chi connectivity index (χ1) is 10.0. The van der Waals surface area contributed by atoms with E-state index in [9.17, 15) is 4.79 Å². The average molecular weight is 307 g/mol. The molecule has 2 aromatic heterocycles. The van der Waals surface area contributed by atoms with Gasteiger partial charge in [-0.05, 0) is 20.8 Å². The van der Waals surface area contributed by atoms with E-state index in [1.807, 2.05) is 23.2 Å². The molecule has 0 aliphatic carbocycles. The number of amides is 1. The molecule has 0 aliphatic heterocycles. The summed E-state index contributed by atoms with van der Waals surface area (Å²) in [6.45, 7) is 8.94. The van der Waals surface area contributed by atoms with Crippen LogP contribution in [0.2, 0.25) is 0 Å². The minimum absolute atomic E-state index is 0.0181. The topological polar surface area (TPSA) is 63.1 Å². The highest BCUT2D eigenvalue weighted by molar-refractivity contribution is 7.14. The van der Waals surface area contributed by atoms with E-state index in [1.54, 1.807) is 18.0 Å². The number of carbonyl (C=O) groups excluding carboxylic acids is 1. The Kier molecular flexibility index (Phi) is 4.95. The van der Waals surface area contributed by atoms with Crippen LogP contribution < -0.4 is 10.2 Å². The van der Waals surface area contributed by atoms with Gasteiger partial charge in [0, 0.05) is 31.1 Å². The van der Waals surface area contributed by atoms with Crippen molar-refractivity contribution >= 4 is 28.1 Å². The first-order valence-electron chi connectivity index (χ1n) is 7.01. The van der Waals surface area contributed by atoms with Crippen LogP contribution >= 0.6 is 11.3 Å². The van der Waals surface area contributed by atoms with Gasteiger partial charge >= 0.3 is 0 Å². The van der Waals surface area contributed by atoms with Crippen LogP contribution in [0.3, 0.4) is 0 Å². The second-order valence-corrected chi connectivity index (χ2v) is 5.88. The fraction of sp³-hybridized carbons (Fsp3) is 0.500. The largest absolute Gasteiger partial charge is 0.377 e. The molecule has 1 N–H and O–H groups in total. The summed E-state index contributed by atoms with van der Waals surface area (Å²) in [7, 11) is 0. The predicted octanol–water partition coefficient (Wildman–Crippen LogP) is 2.91. The van der Waals surface area contributed by atoms with Gasteiger partial charge < -0.3 is 5.32 Å². The molecule has 2 heterocycles. The number of hydrogen-bond acceptors (Lipinski definition) is 5. The molecule has 6 nitrogen and oxygen atoms in total. The molecule has 0 saturated carbocycles. The number of rotatable bonds is 6. The van der Waals surface area contributed by atoms with Crippen molar-refractivity contribution in [2.24, 2.45) is 0 Å². The summed E-state index contributed by atoms with van der Waals surface area (Å²) in [4.78, 5) is 17.7. The number of anilines is 2. The molecule has 0 aliphatic rings. The summed E-state index contributed by atoms with van der Waals surface area (Å²) >= 11 is 1.49. The van der Waals surface area contributed by atoms with E-state index in [1.165, 1.54) is 11.3 Å². The van der Waals surface area contributed by atoms with Gasteiger partial charge in [0.1, 0.15) is 0 Å². The van der Waals surface area contributed by atoms with Gasteiger partial charge in [0.05, 0.1) is 24.1 Å². The number of aromatic nitrogens is 3. The summed E-state index contributed by atoms with van der Waals surface area (Å²) in [5, 5.41) is 10.3. The summed E-state index contributed by atoms with van der Waals surface area (Å²) in [6.07, 6.45) is 3.78. The lowest BCUT2D eigenvalue weighted by Gasteiger charge is -2.14. The zero-order chi connectivity index (χ0) is 15.4. The molecule has 7 heteroatoms. The van der Waals surface area contributed by atoms with Gasteiger partial charge in [0.15, 0.2) is 5.13 Å². The smallest absolute Gasteiger partial charge is 0.225 e. The van der Waals surface area contributed by atoms with Crippen LogP contribution in [0, 0.1) is 0 Å². The van der Waals surface area contributed by atoms with Crippen LogP contribution in [0.4, 0.5) is 10.8 Å². The third-order valence-electron chi connectivity index (χ3n) is 3.07. The molecule has 0 unspecified atom stereocenters. The normalized spacial score (nSPS) is 10.9. The summed E-state index contributed by atoms with van der Waals surface area (Å²) in [5.74, 6) is 0.0181. The van der Waals surface area contributed by atoms with Crippen LogP contribution in [0.25, 0.3) is 0 Å². The first kappa shape index (κ1) is 15.5. The molecule has 0 saturated heterocycles. The zero-order valence-corrected chi connectivity index (χ0v) is 13.6. The summed E-state index contributed by atoms with van der Waals surface area (Å²) < 4.78 is 1.91. The highest BCUT2D eigenvalue weighted by Crippen LogP contribution is 2.21. The Morgan fingerprint density at radius 3 is 2.86 bits per heavy atom. The maximum absolute atomic E-state index is 11.5. The molecule has 0 spiro atoms. The number of carbonyl (C=O) groups is 1. The monoisotopic (exact) mass is 307 g/mol. The van der Waals surface area contributed by atoms with Crippen LogP contribution in [0.15, 0.2) is 17.8 Å². The third-order valence-corrected chi connectivity index (χ3v) is 3.98. The van der Waals surface area contributed by atoms with Gasteiger partial charge in [0.25, 0.3) is 0 Å². The molecule has 0 bridgehead atoms. The summed E-state index contributed by atoms with van der Waals surface area (Å²) in [6, 6.07) is 0.347. The van der Waals surface area contributed by atoms with E-state index in [0.29, 0.717) is 19.1 Å². The molecule has 114 valence electrons. The van der Waals surface area contributed by atoms with E-state index in [-0.39, 0.29) is 5.91 Å². The predicted molar refractivity (Wildman–Crippen MR) is 85.8 cm³/mol. The van der Waals surface area contributed by atoms with Crippen molar-refractivity contribution in [1.82, 2.24) is 14.8 Å². The molecular formula is C14H21N5OS. The van der Waals surface area contributed by atoms with Crippen LogP contribution in [-0.2, 0) is 11.3 Å². The minimum atomic E-state index is 0.0181. The highest BCUT2D eigenvalue weighted by atomic mass is 32.1. The standard InChI is InChI=1S/C14H21N5OS/c1-5-18(11(4)20)14-17-13(9-21-14)6-15-12-7-16-19(8-12)10(2)3/h7-10,15H,5-6H2,1-4H3. The van der Waals surface area contributed by atoms with Crippen LogP contribution in [0.5, 0.6) is 0 Å². The molecule has 0 radical (unpaired) electrons.